The number of rotatable bonds is 7. The first-order chi connectivity index (χ1) is 17.8. The summed E-state index contributed by atoms with van der Waals surface area (Å²) in [5.41, 5.74) is 3.52. The lowest BCUT2D eigenvalue weighted by molar-refractivity contribution is 0.0942. The van der Waals surface area contributed by atoms with Crippen LogP contribution < -0.4 is 10.1 Å². The second-order valence-electron chi connectivity index (χ2n) is 9.38. The Morgan fingerprint density at radius 3 is 2.49 bits per heavy atom. The van der Waals surface area contributed by atoms with Crippen LogP contribution in [0.2, 0.25) is 0 Å². The molecule has 5 rings (SSSR count). The van der Waals surface area contributed by atoms with Gasteiger partial charge in [0.1, 0.15) is 29.1 Å². The molecule has 9 nitrogen and oxygen atoms in total. The van der Waals surface area contributed by atoms with Gasteiger partial charge in [-0.15, -0.1) is 0 Å². The molecule has 9 heteroatoms. The first-order valence-electron chi connectivity index (χ1n) is 12.1. The molecule has 0 saturated carbocycles. The zero-order valence-corrected chi connectivity index (χ0v) is 21.8. The zero-order valence-electron chi connectivity index (χ0n) is 21.8. The van der Waals surface area contributed by atoms with E-state index in [2.05, 4.69) is 15.4 Å². The first kappa shape index (κ1) is 24.3. The van der Waals surface area contributed by atoms with Crippen LogP contribution in [-0.4, -0.2) is 37.3 Å². The number of aryl methyl sites for hydroxylation is 3. The molecule has 190 valence electrons. The van der Waals surface area contributed by atoms with Gasteiger partial charge in [-0.3, -0.25) is 4.79 Å². The molecule has 1 amide bonds. The summed E-state index contributed by atoms with van der Waals surface area (Å²) < 4.78 is 14.8. The average molecular weight is 499 g/mol. The Bertz CT molecular complexity index is 1580. The topological polar surface area (TPSA) is 100 Å². The van der Waals surface area contributed by atoms with E-state index in [1.54, 1.807) is 19.5 Å². The van der Waals surface area contributed by atoms with Gasteiger partial charge < -0.3 is 19.0 Å². The monoisotopic (exact) mass is 498 g/mol. The molecule has 0 spiro atoms. The van der Waals surface area contributed by atoms with Gasteiger partial charge in [-0.2, -0.15) is 5.10 Å². The van der Waals surface area contributed by atoms with Gasteiger partial charge in [0.15, 0.2) is 5.65 Å². The van der Waals surface area contributed by atoms with E-state index >= 15 is 0 Å². The highest BCUT2D eigenvalue weighted by molar-refractivity contribution is 6.06. The summed E-state index contributed by atoms with van der Waals surface area (Å²) in [6.07, 6.45) is 5.28. The number of carbonyl (C=O) groups excluding carboxylic acids is 1. The van der Waals surface area contributed by atoms with Gasteiger partial charge in [0.25, 0.3) is 5.91 Å². The number of hydrogen-bond acceptors (Lipinski definition) is 6. The van der Waals surface area contributed by atoms with Crippen molar-refractivity contribution in [1.29, 1.82) is 0 Å². The van der Waals surface area contributed by atoms with Crippen LogP contribution in [0.3, 0.4) is 0 Å². The van der Waals surface area contributed by atoms with Crippen LogP contribution >= 0.6 is 0 Å². The van der Waals surface area contributed by atoms with Crippen molar-refractivity contribution in [3.8, 4) is 17.0 Å². The van der Waals surface area contributed by atoms with E-state index in [-0.39, 0.29) is 11.9 Å². The maximum atomic E-state index is 14.0. The third-order valence-electron chi connectivity index (χ3n) is 6.46. The lowest BCUT2D eigenvalue weighted by Gasteiger charge is -2.20. The van der Waals surface area contributed by atoms with Crippen molar-refractivity contribution < 1.29 is 13.9 Å². The summed E-state index contributed by atoms with van der Waals surface area (Å²) in [5, 5.41) is 8.43. The summed E-state index contributed by atoms with van der Waals surface area (Å²) >= 11 is 0. The minimum absolute atomic E-state index is 0.0722. The summed E-state index contributed by atoms with van der Waals surface area (Å²) in [7, 11) is 3.53. The molecule has 5 aromatic rings. The van der Waals surface area contributed by atoms with Gasteiger partial charge in [-0.1, -0.05) is 12.1 Å². The summed E-state index contributed by atoms with van der Waals surface area (Å²) in [6, 6.07) is 10.9. The maximum Gasteiger partial charge on any atom is 0.253 e. The van der Waals surface area contributed by atoms with Crippen LogP contribution in [0.4, 0.5) is 0 Å². The molecule has 4 heterocycles. The maximum absolute atomic E-state index is 14.0. The lowest BCUT2D eigenvalue weighted by atomic mass is 10.0. The molecular formula is C28H30N6O3. The van der Waals surface area contributed by atoms with Crippen molar-refractivity contribution in [2.24, 2.45) is 7.05 Å². The van der Waals surface area contributed by atoms with Crippen LogP contribution in [0.25, 0.3) is 22.3 Å². The number of amides is 1. The van der Waals surface area contributed by atoms with Crippen molar-refractivity contribution in [1.82, 2.24) is 29.6 Å². The minimum atomic E-state index is -0.483. The van der Waals surface area contributed by atoms with Crippen LogP contribution in [0.1, 0.15) is 59.2 Å². The highest BCUT2D eigenvalue weighted by Gasteiger charge is 2.25. The van der Waals surface area contributed by atoms with E-state index in [1.165, 1.54) is 0 Å². The fourth-order valence-electron chi connectivity index (χ4n) is 4.56. The van der Waals surface area contributed by atoms with E-state index in [9.17, 15) is 4.79 Å². The SMILES string of the molecule is COc1ccc(C(NC(=O)c2cc(-c3cc(C)oc3C)nc3c2cnn3C(C)C)c2nccn2C)cc1. The Hall–Kier alpha value is -4.40. The van der Waals surface area contributed by atoms with Crippen LogP contribution in [0, 0.1) is 13.8 Å². The molecule has 1 aromatic carbocycles. The number of nitrogens with zero attached hydrogens (tertiary/aromatic N) is 5. The predicted octanol–water partition coefficient (Wildman–Crippen LogP) is 5.15. The molecular weight excluding hydrogens is 468 g/mol. The number of imidazole rings is 1. The van der Waals surface area contributed by atoms with Gasteiger partial charge in [-0.25, -0.2) is 14.6 Å². The molecule has 0 aliphatic carbocycles. The van der Waals surface area contributed by atoms with Crippen LogP contribution in [0.5, 0.6) is 5.75 Å². The van der Waals surface area contributed by atoms with Gasteiger partial charge >= 0.3 is 0 Å². The Balaban J connectivity index is 1.62. The summed E-state index contributed by atoms with van der Waals surface area (Å²) in [6.45, 7) is 7.87. The van der Waals surface area contributed by atoms with E-state index in [1.807, 2.05) is 86.6 Å². The van der Waals surface area contributed by atoms with Gasteiger partial charge in [0, 0.05) is 31.0 Å². The van der Waals surface area contributed by atoms with Crippen molar-refractivity contribution in [2.45, 2.75) is 39.8 Å². The standard InChI is InChI=1S/C28H30N6O3/c1-16(2)34-26-23(15-30-34)22(14-24(31-26)21-13-17(3)37-18(21)4)28(35)32-25(27-29-11-12-33(27)5)19-7-9-20(36-6)10-8-19/h7-16,25H,1-6H3,(H,32,35). The molecule has 1 atom stereocenters. The Morgan fingerprint density at radius 2 is 1.89 bits per heavy atom. The van der Waals surface area contributed by atoms with E-state index in [0.29, 0.717) is 28.1 Å². The summed E-state index contributed by atoms with van der Waals surface area (Å²) in [4.78, 5) is 23.4. The normalized spacial score (nSPS) is 12.3. The Labute approximate surface area is 215 Å². The van der Waals surface area contributed by atoms with Gasteiger partial charge in [0.05, 0.1) is 30.0 Å². The molecule has 0 bridgehead atoms. The molecule has 1 unspecified atom stereocenters. The largest absolute Gasteiger partial charge is 0.497 e. The fourth-order valence-corrected chi connectivity index (χ4v) is 4.56. The van der Waals surface area contributed by atoms with Crippen LogP contribution in [0.15, 0.2) is 59.4 Å². The number of hydrogen-bond donors (Lipinski definition) is 1. The number of nitrogens with one attached hydrogen (secondary N) is 1. The number of benzene rings is 1. The quantitative estimate of drug-likeness (QED) is 0.333. The highest BCUT2D eigenvalue weighted by Crippen LogP contribution is 2.31. The van der Waals surface area contributed by atoms with E-state index in [0.717, 1.165) is 28.4 Å². The lowest BCUT2D eigenvalue weighted by Crippen LogP contribution is -2.31. The molecule has 0 aliphatic heterocycles. The number of pyridine rings is 1. The van der Waals surface area contributed by atoms with Crippen LogP contribution in [-0.2, 0) is 7.05 Å². The van der Waals surface area contributed by atoms with Crippen molar-refractivity contribution >= 4 is 16.9 Å². The Morgan fingerprint density at radius 1 is 1.14 bits per heavy atom. The number of aromatic nitrogens is 5. The molecule has 1 N–H and O–H groups in total. The molecule has 0 radical (unpaired) electrons. The second-order valence-corrected chi connectivity index (χ2v) is 9.38. The van der Waals surface area contributed by atoms with Gasteiger partial charge in [0.2, 0.25) is 0 Å². The molecule has 0 aliphatic rings. The van der Waals surface area contributed by atoms with Gasteiger partial charge in [-0.05, 0) is 57.5 Å². The first-order valence-corrected chi connectivity index (χ1v) is 12.1. The van der Waals surface area contributed by atoms with E-state index < -0.39 is 6.04 Å². The number of ether oxygens (including phenoxy) is 1. The van der Waals surface area contributed by atoms with Crippen molar-refractivity contribution in [3.05, 3.63) is 83.5 Å². The van der Waals surface area contributed by atoms with Crippen molar-refractivity contribution in [3.63, 3.8) is 0 Å². The Kier molecular flexibility index (Phi) is 6.29. The molecule has 4 aromatic heterocycles. The number of fused-ring (bicyclic) bond motifs is 1. The molecule has 0 saturated heterocycles. The highest BCUT2D eigenvalue weighted by atomic mass is 16.5. The summed E-state index contributed by atoms with van der Waals surface area (Å²) in [5.74, 6) is 2.73. The predicted molar refractivity (Wildman–Crippen MR) is 141 cm³/mol. The zero-order chi connectivity index (χ0) is 26.3. The average Bonchev–Trinajstić information content (AvgIpc) is 3.59. The fraction of sp³-hybridized carbons (Fsp3) is 0.286. The third-order valence-corrected chi connectivity index (χ3v) is 6.46. The second kappa shape index (κ2) is 9.57. The third kappa shape index (κ3) is 4.48. The molecule has 0 fully saturated rings. The van der Waals surface area contributed by atoms with Crippen molar-refractivity contribution in [2.75, 3.05) is 7.11 Å². The number of furan rings is 1. The number of carbonyl (C=O) groups is 1. The minimum Gasteiger partial charge on any atom is -0.497 e. The molecule has 37 heavy (non-hydrogen) atoms. The van der Waals surface area contributed by atoms with E-state index in [4.69, 9.17) is 14.1 Å². The number of methoxy groups -OCH3 is 1. The smallest absolute Gasteiger partial charge is 0.253 e.